The normalized spacial score (nSPS) is 16.6. The van der Waals surface area contributed by atoms with Gasteiger partial charge in [0.25, 0.3) is 0 Å². The van der Waals surface area contributed by atoms with Crippen LogP contribution in [0.25, 0.3) is 0 Å². The summed E-state index contributed by atoms with van der Waals surface area (Å²) in [4.78, 5) is 15.8. The average Bonchev–Trinajstić information content (AvgIpc) is 2.70. The molecule has 1 aliphatic carbocycles. The zero-order valence-electron chi connectivity index (χ0n) is 8.37. The third-order valence-electron chi connectivity index (χ3n) is 2.70. The fourth-order valence-electron chi connectivity index (χ4n) is 1.91. The van der Waals surface area contributed by atoms with E-state index in [0.717, 1.165) is 23.0 Å². The van der Waals surface area contributed by atoms with Crippen molar-refractivity contribution in [2.24, 2.45) is 5.92 Å². The van der Waals surface area contributed by atoms with Crippen molar-refractivity contribution in [3.8, 4) is 0 Å². The molecule has 0 unspecified atom stereocenters. The Bertz CT molecular complexity index is 361. The second kappa shape index (κ2) is 4.75. The number of hydrogen-bond acceptors (Lipinski definition) is 2. The number of carbonyl (C=O) groups excluding carboxylic acids is 1. The van der Waals surface area contributed by atoms with Crippen LogP contribution in [-0.2, 0) is 4.79 Å². The highest BCUT2D eigenvalue weighted by molar-refractivity contribution is 9.10. The summed E-state index contributed by atoms with van der Waals surface area (Å²) in [7, 11) is 0. The quantitative estimate of drug-likeness (QED) is 0.896. The lowest BCUT2D eigenvalue weighted by molar-refractivity contribution is -0.119. The van der Waals surface area contributed by atoms with Crippen molar-refractivity contribution in [3.05, 3.63) is 22.9 Å². The molecule has 0 radical (unpaired) electrons. The van der Waals surface area contributed by atoms with Gasteiger partial charge in [0.15, 0.2) is 0 Å². The highest BCUT2D eigenvalue weighted by Crippen LogP contribution is 2.26. The van der Waals surface area contributed by atoms with Gasteiger partial charge in [-0.1, -0.05) is 12.8 Å². The van der Waals surface area contributed by atoms with Crippen LogP contribution in [0.5, 0.6) is 0 Å². The Morgan fingerprint density at radius 1 is 1.40 bits per heavy atom. The van der Waals surface area contributed by atoms with E-state index in [1.54, 1.807) is 12.4 Å². The van der Waals surface area contributed by atoms with Crippen molar-refractivity contribution in [1.82, 2.24) is 4.98 Å². The Kier molecular flexibility index (Phi) is 3.36. The molecule has 4 heteroatoms. The number of aromatic nitrogens is 1. The smallest absolute Gasteiger partial charge is 0.227 e. The van der Waals surface area contributed by atoms with E-state index in [9.17, 15) is 4.79 Å². The molecule has 0 spiro atoms. The van der Waals surface area contributed by atoms with E-state index < -0.39 is 0 Å². The molecular weight excluding hydrogens is 256 g/mol. The summed E-state index contributed by atoms with van der Waals surface area (Å²) in [6.07, 6.45) is 7.76. The van der Waals surface area contributed by atoms with Gasteiger partial charge in [0, 0.05) is 16.6 Å². The summed E-state index contributed by atoms with van der Waals surface area (Å²) in [5.41, 5.74) is 0.765. The topological polar surface area (TPSA) is 42.0 Å². The Balaban J connectivity index is 1.99. The molecule has 1 saturated carbocycles. The summed E-state index contributed by atoms with van der Waals surface area (Å²) in [5.74, 6) is 0.330. The van der Waals surface area contributed by atoms with Gasteiger partial charge < -0.3 is 5.32 Å². The van der Waals surface area contributed by atoms with Gasteiger partial charge in [-0.05, 0) is 34.8 Å². The van der Waals surface area contributed by atoms with Crippen molar-refractivity contribution in [2.75, 3.05) is 5.32 Å². The SMILES string of the molecule is O=C(Nc1cncc(Br)c1)C1CCCC1. The van der Waals surface area contributed by atoms with Crippen LogP contribution >= 0.6 is 15.9 Å². The summed E-state index contributed by atoms with van der Waals surface area (Å²) >= 11 is 3.32. The third kappa shape index (κ3) is 2.78. The lowest BCUT2D eigenvalue weighted by Gasteiger charge is -2.09. The van der Waals surface area contributed by atoms with Crippen LogP contribution in [0.15, 0.2) is 22.9 Å². The van der Waals surface area contributed by atoms with Crippen molar-refractivity contribution in [1.29, 1.82) is 0 Å². The van der Waals surface area contributed by atoms with E-state index in [1.807, 2.05) is 6.07 Å². The molecule has 0 aromatic carbocycles. The molecule has 0 bridgehead atoms. The van der Waals surface area contributed by atoms with Gasteiger partial charge in [-0.3, -0.25) is 9.78 Å². The van der Waals surface area contributed by atoms with Crippen molar-refractivity contribution < 1.29 is 4.79 Å². The lowest BCUT2D eigenvalue weighted by Crippen LogP contribution is -2.20. The molecule has 0 aliphatic heterocycles. The van der Waals surface area contributed by atoms with E-state index in [-0.39, 0.29) is 11.8 Å². The standard InChI is InChI=1S/C11H13BrN2O/c12-9-5-10(7-13-6-9)14-11(15)8-3-1-2-4-8/h5-8H,1-4H2,(H,14,15). The van der Waals surface area contributed by atoms with E-state index in [1.165, 1.54) is 12.8 Å². The predicted octanol–water partition coefficient (Wildman–Crippen LogP) is 2.97. The average molecular weight is 269 g/mol. The van der Waals surface area contributed by atoms with Crippen LogP contribution in [0.4, 0.5) is 5.69 Å². The van der Waals surface area contributed by atoms with Gasteiger partial charge in [0.2, 0.25) is 5.91 Å². The Hall–Kier alpha value is -0.900. The van der Waals surface area contributed by atoms with E-state index in [2.05, 4.69) is 26.2 Å². The zero-order chi connectivity index (χ0) is 10.7. The van der Waals surface area contributed by atoms with E-state index in [0.29, 0.717) is 0 Å². The first-order valence-corrected chi connectivity index (χ1v) is 5.96. The number of rotatable bonds is 2. The molecule has 1 heterocycles. The van der Waals surface area contributed by atoms with E-state index >= 15 is 0 Å². The second-order valence-electron chi connectivity index (χ2n) is 3.86. The Morgan fingerprint density at radius 2 is 2.13 bits per heavy atom. The monoisotopic (exact) mass is 268 g/mol. The summed E-state index contributed by atoms with van der Waals surface area (Å²) in [6, 6.07) is 1.86. The molecule has 3 nitrogen and oxygen atoms in total. The molecule has 1 aromatic rings. The van der Waals surface area contributed by atoms with Crippen LogP contribution < -0.4 is 5.32 Å². The zero-order valence-corrected chi connectivity index (χ0v) is 9.96. The van der Waals surface area contributed by atoms with Gasteiger partial charge in [0.1, 0.15) is 0 Å². The Morgan fingerprint density at radius 3 is 2.80 bits per heavy atom. The largest absolute Gasteiger partial charge is 0.324 e. The van der Waals surface area contributed by atoms with Crippen LogP contribution in [0.3, 0.4) is 0 Å². The molecule has 1 aromatic heterocycles. The van der Waals surface area contributed by atoms with Gasteiger partial charge >= 0.3 is 0 Å². The maximum absolute atomic E-state index is 11.8. The number of amides is 1. The van der Waals surface area contributed by atoms with Crippen LogP contribution in [0.1, 0.15) is 25.7 Å². The third-order valence-corrected chi connectivity index (χ3v) is 3.13. The number of carbonyl (C=O) groups is 1. The highest BCUT2D eigenvalue weighted by Gasteiger charge is 2.22. The fourth-order valence-corrected chi connectivity index (χ4v) is 2.28. The molecule has 1 N–H and O–H groups in total. The summed E-state index contributed by atoms with van der Waals surface area (Å²) in [6.45, 7) is 0. The number of nitrogens with zero attached hydrogens (tertiary/aromatic N) is 1. The van der Waals surface area contributed by atoms with Crippen LogP contribution in [0.2, 0.25) is 0 Å². The first kappa shape index (κ1) is 10.6. The molecule has 0 atom stereocenters. The van der Waals surface area contributed by atoms with Crippen molar-refractivity contribution in [2.45, 2.75) is 25.7 Å². The molecule has 1 fully saturated rings. The van der Waals surface area contributed by atoms with Crippen molar-refractivity contribution >= 4 is 27.5 Å². The van der Waals surface area contributed by atoms with Crippen LogP contribution in [-0.4, -0.2) is 10.9 Å². The first-order chi connectivity index (χ1) is 7.25. The first-order valence-electron chi connectivity index (χ1n) is 5.17. The van der Waals surface area contributed by atoms with E-state index in [4.69, 9.17) is 0 Å². The van der Waals surface area contributed by atoms with Crippen molar-refractivity contribution in [3.63, 3.8) is 0 Å². The number of hydrogen-bond donors (Lipinski definition) is 1. The number of anilines is 1. The molecule has 1 amide bonds. The minimum atomic E-state index is 0.132. The minimum absolute atomic E-state index is 0.132. The van der Waals surface area contributed by atoms with Gasteiger partial charge in [-0.25, -0.2) is 0 Å². The lowest BCUT2D eigenvalue weighted by atomic mass is 10.1. The highest BCUT2D eigenvalue weighted by atomic mass is 79.9. The molecule has 80 valence electrons. The molecular formula is C11H13BrN2O. The predicted molar refractivity (Wildman–Crippen MR) is 62.5 cm³/mol. The summed E-state index contributed by atoms with van der Waals surface area (Å²) in [5, 5.41) is 2.89. The molecule has 0 saturated heterocycles. The molecule has 15 heavy (non-hydrogen) atoms. The van der Waals surface area contributed by atoms with Gasteiger partial charge in [0.05, 0.1) is 11.9 Å². The fraction of sp³-hybridized carbons (Fsp3) is 0.455. The minimum Gasteiger partial charge on any atom is -0.324 e. The molecule has 2 rings (SSSR count). The van der Waals surface area contributed by atoms with Crippen LogP contribution in [0, 0.1) is 5.92 Å². The second-order valence-corrected chi connectivity index (χ2v) is 4.78. The molecule has 1 aliphatic rings. The number of halogens is 1. The number of nitrogens with one attached hydrogen (secondary N) is 1. The number of pyridine rings is 1. The van der Waals surface area contributed by atoms with Gasteiger partial charge in [-0.2, -0.15) is 0 Å². The maximum atomic E-state index is 11.8. The Labute approximate surface area is 97.4 Å². The van der Waals surface area contributed by atoms with Gasteiger partial charge in [-0.15, -0.1) is 0 Å². The summed E-state index contributed by atoms with van der Waals surface area (Å²) < 4.78 is 0.881. The maximum Gasteiger partial charge on any atom is 0.227 e.